The standard InChI is InChI=1S/C12H14FNOS/c1-14(2)11(12(15)10-7-16-10)8-4-3-5-9(13)6-8/h3-6,10-11H,7H2,1-2H3. The molecule has 2 rings (SSSR count). The molecular formula is C12H14FNOS. The first-order chi connectivity index (χ1) is 7.59. The van der Waals surface area contributed by atoms with Crippen LogP contribution in [-0.2, 0) is 4.79 Å². The van der Waals surface area contributed by atoms with E-state index in [9.17, 15) is 9.18 Å². The summed E-state index contributed by atoms with van der Waals surface area (Å²) in [4.78, 5) is 13.9. The van der Waals surface area contributed by atoms with Gasteiger partial charge >= 0.3 is 0 Å². The molecule has 2 nitrogen and oxygen atoms in total. The first kappa shape index (κ1) is 11.6. The average molecular weight is 239 g/mol. The summed E-state index contributed by atoms with van der Waals surface area (Å²) in [5.41, 5.74) is 0.738. The molecule has 1 heterocycles. The van der Waals surface area contributed by atoms with Crippen LogP contribution in [0.25, 0.3) is 0 Å². The lowest BCUT2D eigenvalue weighted by atomic mass is 10.00. The third kappa shape index (κ3) is 2.44. The summed E-state index contributed by atoms with van der Waals surface area (Å²) < 4.78 is 13.1. The van der Waals surface area contributed by atoms with E-state index in [1.165, 1.54) is 12.1 Å². The highest BCUT2D eigenvalue weighted by atomic mass is 32.2. The molecule has 0 aromatic heterocycles. The Labute approximate surface area is 98.8 Å². The number of thioether (sulfide) groups is 1. The molecule has 0 saturated carbocycles. The van der Waals surface area contributed by atoms with Gasteiger partial charge in [0.25, 0.3) is 0 Å². The number of nitrogens with zero attached hydrogens (tertiary/aromatic N) is 1. The summed E-state index contributed by atoms with van der Waals surface area (Å²) in [5, 5.41) is 0.107. The minimum absolute atomic E-state index is 0.107. The molecule has 1 aliphatic rings. The van der Waals surface area contributed by atoms with E-state index in [1.807, 2.05) is 19.0 Å². The van der Waals surface area contributed by atoms with Gasteiger partial charge in [-0.15, -0.1) is 11.8 Å². The second-order valence-electron chi connectivity index (χ2n) is 4.15. The molecule has 16 heavy (non-hydrogen) atoms. The third-order valence-corrected chi connectivity index (χ3v) is 3.50. The molecule has 1 fully saturated rings. The summed E-state index contributed by atoms with van der Waals surface area (Å²) in [6.07, 6.45) is 0. The first-order valence-corrected chi connectivity index (χ1v) is 6.21. The molecule has 4 heteroatoms. The number of likely N-dealkylation sites (N-methyl/N-ethyl adjacent to an activating group) is 1. The van der Waals surface area contributed by atoms with E-state index in [1.54, 1.807) is 23.9 Å². The number of carbonyl (C=O) groups excluding carboxylic acids is 1. The molecule has 0 spiro atoms. The van der Waals surface area contributed by atoms with E-state index in [4.69, 9.17) is 0 Å². The molecule has 1 aliphatic heterocycles. The smallest absolute Gasteiger partial charge is 0.168 e. The molecule has 0 amide bonds. The molecule has 1 saturated heterocycles. The maximum absolute atomic E-state index is 13.1. The van der Waals surface area contributed by atoms with Gasteiger partial charge in [0.2, 0.25) is 0 Å². The number of ketones is 1. The van der Waals surface area contributed by atoms with Crippen molar-refractivity contribution in [3.8, 4) is 0 Å². The van der Waals surface area contributed by atoms with Gasteiger partial charge in [0.15, 0.2) is 5.78 Å². The molecule has 0 N–H and O–H groups in total. The second kappa shape index (κ2) is 4.55. The van der Waals surface area contributed by atoms with Gasteiger partial charge in [0.05, 0.1) is 11.3 Å². The van der Waals surface area contributed by atoms with Gasteiger partial charge in [-0.05, 0) is 31.8 Å². The van der Waals surface area contributed by atoms with Crippen molar-refractivity contribution in [2.75, 3.05) is 19.8 Å². The van der Waals surface area contributed by atoms with Gasteiger partial charge in [0, 0.05) is 5.75 Å². The fraction of sp³-hybridized carbons (Fsp3) is 0.417. The minimum atomic E-state index is -0.323. The fourth-order valence-corrected chi connectivity index (χ4v) is 2.34. The highest BCUT2D eigenvalue weighted by Crippen LogP contribution is 2.36. The van der Waals surface area contributed by atoms with Crippen LogP contribution in [0.3, 0.4) is 0 Å². The van der Waals surface area contributed by atoms with Crippen LogP contribution in [0.2, 0.25) is 0 Å². The molecule has 1 aromatic rings. The Hall–Kier alpha value is -0.870. The predicted octanol–water partition coefficient (Wildman–Crippen LogP) is 2.11. The molecule has 0 bridgehead atoms. The molecule has 86 valence electrons. The number of halogens is 1. The summed E-state index contributed by atoms with van der Waals surface area (Å²) >= 11 is 1.65. The van der Waals surface area contributed by atoms with E-state index in [2.05, 4.69) is 0 Å². The quantitative estimate of drug-likeness (QED) is 0.751. The number of hydrogen-bond acceptors (Lipinski definition) is 3. The Morgan fingerprint density at radius 3 is 2.75 bits per heavy atom. The van der Waals surface area contributed by atoms with Gasteiger partial charge < -0.3 is 0 Å². The van der Waals surface area contributed by atoms with Crippen molar-refractivity contribution in [1.29, 1.82) is 0 Å². The minimum Gasteiger partial charge on any atom is -0.296 e. The van der Waals surface area contributed by atoms with Gasteiger partial charge in [-0.3, -0.25) is 9.69 Å². The van der Waals surface area contributed by atoms with Crippen molar-refractivity contribution < 1.29 is 9.18 Å². The Morgan fingerprint density at radius 2 is 2.25 bits per heavy atom. The zero-order chi connectivity index (χ0) is 11.7. The number of Topliss-reactive ketones (excluding diaryl/α,β-unsaturated/α-hetero) is 1. The van der Waals surface area contributed by atoms with E-state index < -0.39 is 0 Å². The van der Waals surface area contributed by atoms with Crippen LogP contribution < -0.4 is 0 Å². The van der Waals surface area contributed by atoms with E-state index in [0.29, 0.717) is 0 Å². The van der Waals surface area contributed by atoms with Crippen molar-refractivity contribution in [3.63, 3.8) is 0 Å². The van der Waals surface area contributed by atoms with Gasteiger partial charge in [-0.25, -0.2) is 4.39 Å². The molecule has 2 unspecified atom stereocenters. The molecule has 2 atom stereocenters. The summed E-state index contributed by atoms with van der Waals surface area (Å²) in [5.74, 6) is 0.791. The highest BCUT2D eigenvalue weighted by molar-refractivity contribution is 8.07. The lowest BCUT2D eigenvalue weighted by molar-refractivity contribution is -0.122. The largest absolute Gasteiger partial charge is 0.296 e. The van der Waals surface area contributed by atoms with Crippen LogP contribution in [0.1, 0.15) is 11.6 Å². The highest BCUT2D eigenvalue weighted by Gasteiger charge is 2.37. The zero-order valence-corrected chi connectivity index (χ0v) is 10.1. The number of carbonyl (C=O) groups is 1. The molecule has 0 radical (unpaired) electrons. The monoisotopic (exact) mass is 239 g/mol. The SMILES string of the molecule is CN(C)C(C(=O)C1CS1)c1cccc(F)c1. The Balaban J connectivity index is 2.28. The van der Waals surface area contributed by atoms with Gasteiger partial charge in [-0.1, -0.05) is 12.1 Å². The normalized spacial score (nSPS) is 20.9. The molecular weight excluding hydrogens is 225 g/mol. The average Bonchev–Trinajstić information content (AvgIpc) is 3.00. The Kier molecular flexibility index (Phi) is 3.30. The lowest BCUT2D eigenvalue weighted by Crippen LogP contribution is -2.30. The molecule has 0 aliphatic carbocycles. The second-order valence-corrected chi connectivity index (χ2v) is 5.38. The fourth-order valence-electron chi connectivity index (χ4n) is 1.78. The van der Waals surface area contributed by atoms with Crippen molar-refractivity contribution in [1.82, 2.24) is 4.90 Å². The lowest BCUT2D eigenvalue weighted by Gasteiger charge is -2.23. The summed E-state index contributed by atoms with van der Waals surface area (Å²) in [6, 6.07) is 5.96. The van der Waals surface area contributed by atoms with Crippen molar-refractivity contribution >= 4 is 17.5 Å². The predicted molar refractivity (Wildman–Crippen MR) is 64.1 cm³/mol. The van der Waals surface area contributed by atoms with E-state index >= 15 is 0 Å². The van der Waals surface area contributed by atoms with Crippen LogP contribution >= 0.6 is 11.8 Å². The first-order valence-electron chi connectivity index (χ1n) is 5.17. The van der Waals surface area contributed by atoms with E-state index in [-0.39, 0.29) is 22.9 Å². The zero-order valence-electron chi connectivity index (χ0n) is 9.31. The topological polar surface area (TPSA) is 20.3 Å². The van der Waals surface area contributed by atoms with E-state index in [0.717, 1.165) is 11.3 Å². The van der Waals surface area contributed by atoms with Crippen LogP contribution in [-0.4, -0.2) is 35.8 Å². The van der Waals surface area contributed by atoms with Gasteiger partial charge in [0.1, 0.15) is 5.82 Å². The van der Waals surface area contributed by atoms with Crippen molar-refractivity contribution in [2.45, 2.75) is 11.3 Å². The van der Waals surface area contributed by atoms with Crippen molar-refractivity contribution in [2.24, 2.45) is 0 Å². The Bertz CT molecular complexity index is 404. The third-order valence-electron chi connectivity index (χ3n) is 2.60. The van der Waals surface area contributed by atoms with Gasteiger partial charge in [-0.2, -0.15) is 0 Å². The van der Waals surface area contributed by atoms with Crippen LogP contribution in [0.5, 0.6) is 0 Å². The number of benzene rings is 1. The Morgan fingerprint density at radius 1 is 1.56 bits per heavy atom. The number of rotatable bonds is 4. The van der Waals surface area contributed by atoms with Crippen LogP contribution in [0.15, 0.2) is 24.3 Å². The summed E-state index contributed by atoms with van der Waals surface area (Å²) in [7, 11) is 3.70. The van der Waals surface area contributed by atoms with Crippen LogP contribution in [0.4, 0.5) is 4.39 Å². The molecule has 1 aromatic carbocycles. The summed E-state index contributed by atoms with van der Waals surface area (Å²) in [6.45, 7) is 0. The van der Waals surface area contributed by atoms with Crippen LogP contribution in [0, 0.1) is 5.82 Å². The maximum atomic E-state index is 13.1. The number of hydrogen-bond donors (Lipinski definition) is 0. The van der Waals surface area contributed by atoms with Crippen molar-refractivity contribution in [3.05, 3.63) is 35.6 Å². The maximum Gasteiger partial charge on any atom is 0.168 e.